The fraction of sp³-hybridized carbons (Fsp3) is 0.500. The van der Waals surface area contributed by atoms with Crippen LogP contribution < -0.4 is 4.74 Å². The van der Waals surface area contributed by atoms with Crippen LogP contribution in [-0.2, 0) is 0 Å². The molecule has 2 saturated carbocycles. The summed E-state index contributed by atoms with van der Waals surface area (Å²) in [7, 11) is 0. The van der Waals surface area contributed by atoms with Crippen LogP contribution in [0, 0.1) is 23.6 Å². The highest BCUT2D eigenvalue weighted by Gasteiger charge is 2.34. The molecular weight excluding hydrogens is 323 g/mol. The highest BCUT2D eigenvalue weighted by Crippen LogP contribution is 2.47. The van der Waals surface area contributed by atoms with E-state index in [4.69, 9.17) is 4.74 Å². The first-order chi connectivity index (χ1) is 12.6. The monoisotopic (exact) mass is 352 g/mol. The molecule has 2 aliphatic carbocycles. The quantitative estimate of drug-likeness (QED) is 0.546. The molecule has 0 saturated heterocycles. The normalized spacial score (nSPS) is 28.5. The van der Waals surface area contributed by atoms with Gasteiger partial charge in [-0.05, 0) is 78.9 Å². The molecule has 0 heterocycles. The third kappa shape index (κ3) is 3.51. The second-order valence-electron chi connectivity index (χ2n) is 8.43. The minimum absolute atomic E-state index is 0.191. The summed E-state index contributed by atoms with van der Waals surface area (Å²) in [5, 5.41) is 1.63. The lowest BCUT2D eigenvalue weighted by molar-refractivity contribution is 0.124. The maximum atomic E-state index is 14.6. The molecule has 26 heavy (non-hydrogen) atoms. The largest absolute Gasteiger partial charge is 0.489 e. The number of hydrogen-bond donors (Lipinski definition) is 0. The van der Waals surface area contributed by atoms with Crippen LogP contribution in [0.5, 0.6) is 5.75 Å². The Morgan fingerprint density at radius 3 is 2.73 bits per heavy atom. The fourth-order valence-electron chi connectivity index (χ4n) is 5.22. The third-order valence-electron chi connectivity index (χ3n) is 6.62. The van der Waals surface area contributed by atoms with Gasteiger partial charge in [0, 0.05) is 11.5 Å². The van der Waals surface area contributed by atoms with E-state index in [1.807, 2.05) is 6.07 Å². The molecule has 0 amide bonds. The van der Waals surface area contributed by atoms with Gasteiger partial charge < -0.3 is 4.74 Å². The average Bonchev–Trinajstić information content (AvgIpc) is 2.65. The lowest BCUT2D eigenvalue weighted by Gasteiger charge is -2.41. The Kier molecular flexibility index (Phi) is 5.02. The highest BCUT2D eigenvalue weighted by molar-refractivity contribution is 5.85. The molecule has 4 atom stereocenters. The van der Waals surface area contributed by atoms with Gasteiger partial charge in [0.1, 0.15) is 18.2 Å². The number of fused-ring (bicyclic) bond motifs is 2. The standard InChI is InChI=1S/C24H29FO/c1-3-10-26-22-13-21-9-8-20(14-23(21)24(25)15-22)19-7-6-17-11-16(2)4-5-18(17)12-19/h3,8-9,13-19H,1,4-7,10-12H2,2H3/t16?,17-,18?,19-/m1/s1. The number of halogens is 1. The van der Waals surface area contributed by atoms with Crippen molar-refractivity contribution in [1.29, 1.82) is 0 Å². The van der Waals surface area contributed by atoms with Crippen molar-refractivity contribution in [3.05, 3.63) is 54.4 Å². The molecule has 0 radical (unpaired) electrons. The van der Waals surface area contributed by atoms with Gasteiger partial charge in [0.15, 0.2) is 0 Å². The molecule has 0 bridgehead atoms. The first-order valence-corrected chi connectivity index (χ1v) is 10.1. The van der Waals surface area contributed by atoms with Crippen LogP contribution >= 0.6 is 0 Å². The maximum absolute atomic E-state index is 14.6. The van der Waals surface area contributed by atoms with Crippen LogP contribution in [-0.4, -0.2) is 6.61 Å². The van der Waals surface area contributed by atoms with Gasteiger partial charge in [-0.1, -0.05) is 38.1 Å². The summed E-state index contributed by atoms with van der Waals surface area (Å²) in [5.74, 6) is 3.67. The first kappa shape index (κ1) is 17.6. The lowest BCUT2D eigenvalue weighted by Crippen LogP contribution is -2.29. The Morgan fingerprint density at radius 1 is 1.08 bits per heavy atom. The van der Waals surface area contributed by atoms with Gasteiger partial charge in [0.05, 0.1) is 0 Å². The van der Waals surface area contributed by atoms with Gasteiger partial charge in [-0.3, -0.25) is 0 Å². The summed E-state index contributed by atoms with van der Waals surface area (Å²) < 4.78 is 20.1. The average molecular weight is 352 g/mol. The summed E-state index contributed by atoms with van der Waals surface area (Å²) in [6.45, 7) is 6.44. The Labute approximate surface area is 156 Å². The molecule has 0 aromatic heterocycles. The minimum atomic E-state index is -0.191. The van der Waals surface area contributed by atoms with Crippen molar-refractivity contribution in [2.24, 2.45) is 17.8 Å². The molecule has 2 unspecified atom stereocenters. The maximum Gasteiger partial charge on any atom is 0.134 e. The molecule has 0 spiro atoms. The fourth-order valence-corrected chi connectivity index (χ4v) is 5.22. The summed E-state index contributed by atoms with van der Waals surface area (Å²) in [6, 6.07) is 9.76. The number of rotatable bonds is 4. The molecule has 2 fully saturated rings. The molecule has 1 nitrogen and oxygen atoms in total. The topological polar surface area (TPSA) is 9.23 Å². The summed E-state index contributed by atoms with van der Waals surface area (Å²) in [5.41, 5.74) is 1.31. The second kappa shape index (κ2) is 7.42. The van der Waals surface area contributed by atoms with Crippen LogP contribution in [0.2, 0.25) is 0 Å². The van der Waals surface area contributed by atoms with E-state index in [2.05, 4.69) is 31.7 Å². The minimum Gasteiger partial charge on any atom is -0.489 e. The lowest BCUT2D eigenvalue weighted by atomic mass is 9.64. The van der Waals surface area contributed by atoms with E-state index >= 15 is 0 Å². The molecule has 0 N–H and O–H groups in total. The summed E-state index contributed by atoms with van der Waals surface area (Å²) in [6.07, 6.45) is 9.73. The second-order valence-corrected chi connectivity index (χ2v) is 8.43. The highest BCUT2D eigenvalue weighted by atomic mass is 19.1. The van der Waals surface area contributed by atoms with Gasteiger partial charge in [-0.2, -0.15) is 0 Å². The number of benzene rings is 2. The molecule has 2 aromatic carbocycles. The van der Waals surface area contributed by atoms with Crippen LogP contribution in [0.15, 0.2) is 43.0 Å². The molecule has 2 aromatic rings. The van der Waals surface area contributed by atoms with Gasteiger partial charge in [0.25, 0.3) is 0 Å². The zero-order chi connectivity index (χ0) is 18.1. The zero-order valence-electron chi connectivity index (χ0n) is 15.7. The third-order valence-corrected chi connectivity index (χ3v) is 6.62. The van der Waals surface area contributed by atoms with Gasteiger partial charge in [-0.25, -0.2) is 4.39 Å². The van der Waals surface area contributed by atoms with E-state index < -0.39 is 0 Å². The van der Waals surface area contributed by atoms with Crippen molar-refractivity contribution in [1.82, 2.24) is 0 Å². The number of ether oxygens (including phenoxy) is 1. The zero-order valence-corrected chi connectivity index (χ0v) is 15.7. The number of hydrogen-bond acceptors (Lipinski definition) is 1. The van der Waals surface area contributed by atoms with E-state index in [0.29, 0.717) is 23.7 Å². The Morgan fingerprint density at radius 2 is 1.88 bits per heavy atom. The molecular formula is C24H29FO. The van der Waals surface area contributed by atoms with Gasteiger partial charge >= 0.3 is 0 Å². The van der Waals surface area contributed by atoms with Crippen molar-refractivity contribution >= 4 is 10.8 Å². The van der Waals surface area contributed by atoms with Crippen LogP contribution in [0.25, 0.3) is 10.8 Å². The van der Waals surface area contributed by atoms with Crippen molar-refractivity contribution in [3.8, 4) is 5.75 Å². The van der Waals surface area contributed by atoms with Crippen molar-refractivity contribution in [2.75, 3.05) is 6.61 Å². The first-order valence-electron chi connectivity index (χ1n) is 10.1. The van der Waals surface area contributed by atoms with Crippen molar-refractivity contribution in [2.45, 2.75) is 51.4 Å². The van der Waals surface area contributed by atoms with Crippen LogP contribution in [0.4, 0.5) is 4.39 Å². The Balaban J connectivity index is 1.56. The smallest absolute Gasteiger partial charge is 0.134 e. The molecule has 2 heteroatoms. The molecule has 0 aliphatic heterocycles. The van der Waals surface area contributed by atoms with Crippen molar-refractivity contribution < 1.29 is 9.13 Å². The van der Waals surface area contributed by atoms with Gasteiger partial charge in [0.2, 0.25) is 0 Å². The van der Waals surface area contributed by atoms with E-state index in [-0.39, 0.29) is 5.82 Å². The molecule has 2 aliphatic rings. The van der Waals surface area contributed by atoms with Crippen molar-refractivity contribution in [3.63, 3.8) is 0 Å². The van der Waals surface area contributed by atoms with E-state index in [9.17, 15) is 4.39 Å². The molecule has 138 valence electrons. The van der Waals surface area contributed by atoms with Crippen LogP contribution in [0.1, 0.15) is 56.9 Å². The summed E-state index contributed by atoms with van der Waals surface area (Å²) in [4.78, 5) is 0. The van der Waals surface area contributed by atoms with E-state index in [1.165, 1.54) is 50.2 Å². The van der Waals surface area contributed by atoms with Gasteiger partial charge in [-0.15, -0.1) is 0 Å². The SMILES string of the molecule is C=CCOc1cc(F)c2cc([C@@H]3CC[C@@H]4CC(C)CCC4C3)ccc2c1. The Hall–Kier alpha value is -1.83. The van der Waals surface area contributed by atoms with E-state index in [1.54, 1.807) is 6.08 Å². The predicted molar refractivity (Wildman–Crippen MR) is 106 cm³/mol. The van der Waals surface area contributed by atoms with Crippen LogP contribution in [0.3, 0.4) is 0 Å². The van der Waals surface area contributed by atoms with E-state index in [0.717, 1.165) is 23.1 Å². The molecule has 4 rings (SSSR count). The Bertz CT molecular complexity index is 796. The predicted octanol–water partition coefficient (Wildman–Crippen LogP) is 6.86. The summed E-state index contributed by atoms with van der Waals surface area (Å²) >= 11 is 0.